The second-order valence-corrected chi connectivity index (χ2v) is 7.51. The molecule has 0 amide bonds. The zero-order chi connectivity index (χ0) is 21.1. The molecule has 0 fully saturated rings. The molecule has 0 atom stereocenters. The Balaban J connectivity index is 1.45. The minimum absolute atomic E-state index is 0.125. The minimum atomic E-state index is -0.189. The van der Waals surface area contributed by atoms with E-state index >= 15 is 0 Å². The van der Waals surface area contributed by atoms with Crippen LogP contribution >= 0.6 is 15.9 Å². The number of allylic oxidation sites excluding steroid dienone is 1. The predicted octanol–water partition coefficient (Wildman–Crippen LogP) is 5.34. The Morgan fingerprint density at radius 3 is 2.53 bits per heavy atom. The lowest BCUT2D eigenvalue weighted by molar-refractivity contribution is 0.0921. The van der Waals surface area contributed by atoms with Gasteiger partial charge < -0.3 is 14.2 Å². The van der Waals surface area contributed by atoms with E-state index in [9.17, 15) is 9.59 Å². The van der Waals surface area contributed by atoms with Gasteiger partial charge in [0.15, 0.2) is 18.1 Å². The van der Waals surface area contributed by atoms with Gasteiger partial charge in [-0.15, -0.1) is 0 Å². The van der Waals surface area contributed by atoms with E-state index in [2.05, 4.69) is 15.9 Å². The standard InChI is InChI=1S/C24H17BrO5/c1-28-18-7-5-16(6-8-18)21(26)14-29-19-9-10-20-22(13-19)30-23(24(20)27)12-15-3-2-4-17(25)11-15/h2-13H,14H2,1H3/b23-12-. The van der Waals surface area contributed by atoms with Crippen molar-refractivity contribution >= 4 is 33.6 Å². The van der Waals surface area contributed by atoms with E-state index in [4.69, 9.17) is 14.2 Å². The third-order valence-corrected chi connectivity index (χ3v) is 5.06. The summed E-state index contributed by atoms with van der Waals surface area (Å²) in [6, 6.07) is 19.3. The molecule has 1 heterocycles. The maximum atomic E-state index is 12.6. The highest BCUT2D eigenvalue weighted by atomic mass is 79.9. The number of carbonyl (C=O) groups excluding carboxylic acids is 2. The SMILES string of the molecule is COc1ccc(C(=O)COc2ccc3c(c2)O/C(=C\c2cccc(Br)c2)C3=O)cc1. The van der Waals surface area contributed by atoms with Crippen LogP contribution in [-0.2, 0) is 0 Å². The van der Waals surface area contributed by atoms with Crippen LogP contribution in [-0.4, -0.2) is 25.3 Å². The molecule has 1 aliphatic heterocycles. The second kappa shape index (κ2) is 8.55. The molecule has 30 heavy (non-hydrogen) atoms. The number of hydrogen-bond donors (Lipinski definition) is 0. The van der Waals surface area contributed by atoms with E-state index in [-0.39, 0.29) is 23.9 Å². The first-order valence-electron chi connectivity index (χ1n) is 9.17. The first-order valence-corrected chi connectivity index (χ1v) is 9.97. The first-order chi connectivity index (χ1) is 14.5. The summed E-state index contributed by atoms with van der Waals surface area (Å²) in [5, 5.41) is 0. The van der Waals surface area contributed by atoms with Gasteiger partial charge in [-0.2, -0.15) is 0 Å². The maximum absolute atomic E-state index is 12.6. The van der Waals surface area contributed by atoms with Crippen molar-refractivity contribution in [1.29, 1.82) is 0 Å². The molecule has 0 aliphatic carbocycles. The summed E-state index contributed by atoms with van der Waals surface area (Å²) in [7, 11) is 1.57. The zero-order valence-electron chi connectivity index (χ0n) is 16.1. The minimum Gasteiger partial charge on any atom is -0.497 e. The summed E-state index contributed by atoms with van der Waals surface area (Å²) < 4.78 is 17.4. The molecule has 0 aromatic heterocycles. The van der Waals surface area contributed by atoms with Crippen molar-refractivity contribution in [3.63, 3.8) is 0 Å². The van der Waals surface area contributed by atoms with E-state index < -0.39 is 0 Å². The van der Waals surface area contributed by atoms with Crippen LogP contribution in [0.25, 0.3) is 6.08 Å². The smallest absolute Gasteiger partial charge is 0.231 e. The summed E-state index contributed by atoms with van der Waals surface area (Å²) >= 11 is 3.41. The Bertz CT molecular complexity index is 1150. The van der Waals surface area contributed by atoms with E-state index in [1.807, 2.05) is 24.3 Å². The Hall–Kier alpha value is -3.38. The summed E-state index contributed by atoms with van der Waals surface area (Å²) in [6.07, 6.45) is 1.70. The molecule has 0 radical (unpaired) electrons. The third-order valence-electron chi connectivity index (χ3n) is 4.57. The van der Waals surface area contributed by atoms with Gasteiger partial charge >= 0.3 is 0 Å². The molecule has 150 valence electrons. The van der Waals surface area contributed by atoms with Crippen LogP contribution in [0.5, 0.6) is 17.2 Å². The first kappa shape index (κ1) is 19.9. The molecule has 0 saturated heterocycles. The normalized spacial score (nSPS) is 13.7. The summed E-state index contributed by atoms with van der Waals surface area (Å²) in [5.41, 5.74) is 1.84. The second-order valence-electron chi connectivity index (χ2n) is 6.59. The monoisotopic (exact) mass is 464 g/mol. The quantitative estimate of drug-likeness (QED) is 0.364. The summed E-state index contributed by atoms with van der Waals surface area (Å²) in [5.74, 6) is 1.44. The maximum Gasteiger partial charge on any atom is 0.231 e. The highest BCUT2D eigenvalue weighted by Gasteiger charge is 2.27. The van der Waals surface area contributed by atoms with Crippen molar-refractivity contribution in [2.75, 3.05) is 13.7 Å². The van der Waals surface area contributed by atoms with Crippen molar-refractivity contribution < 1.29 is 23.8 Å². The molecule has 0 N–H and O–H groups in total. The van der Waals surface area contributed by atoms with Gasteiger partial charge in [-0.1, -0.05) is 28.1 Å². The van der Waals surface area contributed by atoms with Gasteiger partial charge in [0.05, 0.1) is 12.7 Å². The van der Waals surface area contributed by atoms with E-state index in [0.717, 1.165) is 10.0 Å². The van der Waals surface area contributed by atoms with Crippen LogP contribution < -0.4 is 14.2 Å². The van der Waals surface area contributed by atoms with Crippen molar-refractivity contribution in [2.24, 2.45) is 0 Å². The molecule has 4 rings (SSSR count). The fraction of sp³-hybridized carbons (Fsp3) is 0.0833. The highest BCUT2D eigenvalue weighted by molar-refractivity contribution is 9.10. The fourth-order valence-corrected chi connectivity index (χ4v) is 3.43. The van der Waals surface area contributed by atoms with Gasteiger partial charge in [-0.25, -0.2) is 0 Å². The molecule has 3 aromatic rings. The lowest BCUT2D eigenvalue weighted by Crippen LogP contribution is -2.11. The molecule has 5 nitrogen and oxygen atoms in total. The number of methoxy groups -OCH3 is 1. The Kier molecular flexibility index (Phi) is 5.68. The molecule has 1 aliphatic rings. The van der Waals surface area contributed by atoms with E-state index in [1.54, 1.807) is 55.7 Å². The van der Waals surface area contributed by atoms with Crippen molar-refractivity contribution in [3.05, 3.63) is 93.7 Å². The lowest BCUT2D eigenvalue weighted by atomic mass is 10.1. The van der Waals surface area contributed by atoms with Crippen molar-refractivity contribution in [3.8, 4) is 17.2 Å². The van der Waals surface area contributed by atoms with Crippen molar-refractivity contribution in [1.82, 2.24) is 0 Å². The Labute approximate surface area is 182 Å². The molecule has 3 aromatic carbocycles. The highest BCUT2D eigenvalue weighted by Crippen LogP contribution is 2.35. The van der Waals surface area contributed by atoms with Gasteiger partial charge in [-0.3, -0.25) is 9.59 Å². The average Bonchev–Trinajstić information content (AvgIpc) is 3.06. The van der Waals surface area contributed by atoms with Crippen LogP contribution in [0.2, 0.25) is 0 Å². The molecular weight excluding hydrogens is 448 g/mol. The number of benzene rings is 3. The van der Waals surface area contributed by atoms with Crippen LogP contribution in [0, 0.1) is 0 Å². The van der Waals surface area contributed by atoms with Gasteiger partial charge in [0.2, 0.25) is 5.78 Å². The number of hydrogen-bond acceptors (Lipinski definition) is 5. The van der Waals surface area contributed by atoms with Gasteiger partial charge in [0.25, 0.3) is 0 Å². The summed E-state index contributed by atoms with van der Waals surface area (Å²) in [6.45, 7) is -0.125. The molecule has 0 saturated carbocycles. The van der Waals surface area contributed by atoms with Crippen LogP contribution in [0.1, 0.15) is 26.3 Å². The number of Topliss-reactive ketones (excluding diaryl/α,β-unsaturated/α-hetero) is 2. The van der Waals surface area contributed by atoms with E-state index in [0.29, 0.717) is 28.4 Å². The molecule has 6 heteroatoms. The van der Waals surface area contributed by atoms with Crippen molar-refractivity contribution in [2.45, 2.75) is 0 Å². The van der Waals surface area contributed by atoms with Crippen LogP contribution in [0.4, 0.5) is 0 Å². The van der Waals surface area contributed by atoms with Crippen LogP contribution in [0.3, 0.4) is 0 Å². The topological polar surface area (TPSA) is 61.8 Å². The predicted molar refractivity (Wildman–Crippen MR) is 116 cm³/mol. The molecule has 0 spiro atoms. The average molecular weight is 465 g/mol. The lowest BCUT2D eigenvalue weighted by Gasteiger charge is -2.07. The molecule has 0 bridgehead atoms. The fourth-order valence-electron chi connectivity index (χ4n) is 3.01. The van der Waals surface area contributed by atoms with Crippen LogP contribution in [0.15, 0.2) is 77.0 Å². The van der Waals surface area contributed by atoms with Gasteiger partial charge in [0, 0.05) is 16.1 Å². The third kappa shape index (κ3) is 4.28. The zero-order valence-corrected chi connectivity index (χ0v) is 17.6. The molecule has 0 unspecified atom stereocenters. The number of rotatable bonds is 6. The number of ketones is 2. The Morgan fingerprint density at radius 1 is 1.03 bits per heavy atom. The number of ether oxygens (including phenoxy) is 3. The number of halogens is 1. The summed E-state index contributed by atoms with van der Waals surface area (Å²) in [4.78, 5) is 24.9. The Morgan fingerprint density at radius 2 is 1.80 bits per heavy atom. The van der Waals surface area contributed by atoms with E-state index in [1.165, 1.54) is 0 Å². The molecular formula is C24H17BrO5. The number of carbonyl (C=O) groups is 2. The van der Waals surface area contributed by atoms with Gasteiger partial charge in [0.1, 0.15) is 17.2 Å². The largest absolute Gasteiger partial charge is 0.497 e. The number of fused-ring (bicyclic) bond motifs is 1. The van der Waals surface area contributed by atoms with Gasteiger partial charge in [-0.05, 0) is 60.2 Å².